The van der Waals surface area contributed by atoms with Gasteiger partial charge in [0.15, 0.2) is 5.43 Å². The number of rotatable bonds is 4. The molecule has 1 atom stereocenters. The maximum Gasteiger partial charge on any atom is 0.341 e. The van der Waals surface area contributed by atoms with Crippen LogP contribution in [0.15, 0.2) is 35.5 Å². The van der Waals surface area contributed by atoms with E-state index in [4.69, 9.17) is 5.10 Å². The number of carbonyl (C=O) groups is 1. The fourth-order valence-electron chi connectivity index (χ4n) is 3.96. The van der Waals surface area contributed by atoms with Gasteiger partial charge in [-0.3, -0.25) is 9.48 Å². The number of nitrogens with one attached hydrogen (secondary N) is 1. The van der Waals surface area contributed by atoms with Crippen LogP contribution in [0.3, 0.4) is 0 Å². The van der Waals surface area contributed by atoms with Crippen molar-refractivity contribution in [2.45, 2.75) is 52.2 Å². The zero-order valence-corrected chi connectivity index (χ0v) is 17.7. The second kappa shape index (κ2) is 6.76. The SMILES string of the molecule is CC(C)(C)[C@@H]1Cn2nc(-c3cnc(NC4CC4)nc3)cc2-c2cc(=O)c(C(=O)O)cn21. The highest BCUT2D eigenvalue weighted by molar-refractivity contribution is 5.87. The Morgan fingerprint density at radius 3 is 2.48 bits per heavy atom. The molecule has 1 aliphatic heterocycles. The smallest absolute Gasteiger partial charge is 0.341 e. The average molecular weight is 420 g/mol. The largest absolute Gasteiger partial charge is 0.477 e. The van der Waals surface area contributed by atoms with Gasteiger partial charge in [0.1, 0.15) is 5.56 Å². The van der Waals surface area contributed by atoms with Gasteiger partial charge in [0.05, 0.1) is 29.7 Å². The van der Waals surface area contributed by atoms with E-state index in [9.17, 15) is 14.7 Å². The molecule has 0 spiro atoms. The lowest BCUT2D eigenvalue weighted by atomic mass is 9.85. The van der Waals surface area contributed by atoms with Crippen LogP contribution in [-0.2, 0) is 6.54 Å². The number of carboxylic acids is 1. The van der Waals surface area contributed by atoms with Crippen LogP contribution in [0.25, 0.3) is 22.6 Å². The Morgan fingerprint density at radius 1 is 1.16 bits per heavy atom. The number of anilines is 1. The van der Waals surface area contributed by atoms with Crippen molar-refractivity contribution in [2.75, 3.05) is 5.32 Å². The summed E-state index contributed by atoms with van der Waals surface area (Å²) in [6, 6.07) is 3.71. The molecule has 0 radical (unpaired) electrons. The molecule has 0 saturated heterocycles. The molecule has 3 aromatic rings. The number of carboxylic acid groups (broad SMARTS) is 1. The highest BCUT2D eigenvalue weighted by atomic mass is 16.4. The molecule has 2 aliphatic rings. The number of fused-ring (bicyclic) bond motifs is 3. The van der Waals surface area contributed by atoms with E-state index >= 15 is 0 Å². The summed E-state index contributed by atoms with van der Waals surface area (Å²) in [6.07, 6.45) is 7.25. The first-order valence-corrected chi connectivity index (χ1v) is 10.4. The molecule has 0 amide bonds. The molecule has 1 saturated carbocycles. The third-order valence-electron chi connectivity index (χ3n) is 5.89. The maximum absolute atomic E-state index is 12.5. The summed E-state index contributed by atoms with van der Waals surface area (Å²) in [7, 11) is 0. The summed E-state index contributed by atoms with van der Waals surface area (Å²) in [6.45, 7) is 6.84. The van der Waals surface area contributed by atoms with E-state index < -0.39 is 11.4 Å². The topological polar surface area (TPSA) is 115 Å². The Kier molecular flexibility index (Phi) is 4.25. The maximum atomic E-state index is 12.5. The summed E-state index contributed by atoms with van der Waals surface area (Å²) < 4.78 is 3.79. The average Bonchev–Trinajstić information content (AvgIpc) is 3.41. The minimum Gasteiger partial charge on any atom is -0.477 e. The molecule has 9 heteroatoms. The predicted molar refractivity (Wildman–Crippen MR) is 115 cm³/mol. The summed E-state index contributed by atoms with van der Waals surface area (Å²) >= 11 is 0. The molecule has 0 bridgehead atoms. The quantitative estimate of drug-likeness (QED) is 0.666. The van der Waals surface area contributed by atoms with Crippen molar-refractivity contribution in [3.8, 4) is 22.6 Å². The van der Waals surface area contributed by atoms with Crippen molar-refractivity contribution >= 4 is 11.9 Å². The van der Waals surface area contributed by atoms with Gasteiger partial charge in [-0.1, -0.05) is 20.8 Å². The van der Waals surface area contributed by atoms with Crippen molar-refractivity contribution in [2.24, 2.45) is 5.41 Å². The van der Waals surface area contributed by atoms with E-state index in [1.54, 1.807) is 12.4 Å². The molecule has 3 aromatic heterocycles. The van der Waals surface area contributed by atoms with E-state index in [0.29, 0.717) is 29.9 Å². The number of pyridine rings is 1. The van der Waals surface area contributed by atoms with Crippen molar-refractivity contribution in [3.05, 3.63) is 46.5 Å². The van der Waals surface area contributed by atoms with Gasteiger partial charge >= 0.3 is 5.97 Å². The number of aromatic carboxylic acids is 1. The fourth-order valence-corrected chi connectivity index (χ4v) is 3.96. The van der Waals surface area contributed by atoms with Crippen LogP contribution in [0.1, 0.15) is 50.0 Å². The Labute approximate surface area is 178 Å². The van der Waals surface area contributed by atoms with Crippen LogP contribution in [0.2, 0.25) is 0 Å². The standard InChI is InChI=1S/C22H24N6O3/c1-22(2,3)19-11-28-17(16-7-18(29)14(20(30)31)10-27(16)19)6-15(26-28)12-8-23-21(24-9-12)25-13-4-5-13/h6-10,13,19H,4-5,11H2,1-3H3,(H,30,31)(H,23,24,25)/t19-/m0/s1. The molecule has 2 N–H and O–H groups in total. The molecule has 0 unspecified atom stereocenters. The monoisotopic (exact) mass is 420 g/mol. The van der Waals surface area contributed by atoms with Gasteiger partial charge in [0.2, 0.25) is 5.95 Å². The van der Waals surface area contributed by atoms with Gasteiger partial charge in [-0.15, -0.1) is 0 Å². The van der Waals surface area contributed by atoms with Crippen molar-refractivity contribution in [1.29, 1.82) is 0 Å². The number of hydrogen-bond donors (Lipinski definition) is 2. The Hall–Kier alpha value is -3.49. The normalized spacial score (nSPS) is 17.7. The van der Waals surface area contributed by atoms with Crippen molar-refractivity contribution < 1.29 is 9.90 Å². The van der Waals surface area contributed by atoms with E-state index in [1.165, 1.54) is 12.3 Å². The molecule has 9 nitrogen and oxygen atoms in total. The second-order valence-corrected chi connectivity index (χ2v) is 9.34. The summed E-state index contributed by atoms with van der Waals surface area (Å²) in [4.78, 5) is 32.8. The molecule has 4 heterocycles. The first-order chi connectivity index (χ1) is 14.7. The van der Waals surface area contributed by atoms with Gasteiger partial charge in [-0.25, -0.2) is 14.8 Å². The van der Waals surface area contributed by atoms with E-state index in [2.05, 4.69) is 36.1 Å². The van der Waals surface area contributed by atoms with Crippen molar-refractivity contribution in [1.82, 2.24) is 24.3 Å². The Bertz CT molecular complexity index is 1230. The molecule has 160 valence electrons. The lowest BCUT2D eigenvalue weighted by Gasteiger charge is -2.38. The first kappa shape index (κ1) is 19.5. The summed E-state index contributed by atoms with van der Waals surface area (Å²) in [5.74, 6) is -0.606. The molecule has 1 fully saturated rings. The summed E-state index contributed by atoms with van der Waals surface area (Å²) in [5, 5.41) is 17.5. The lowest BCUT2D eigenvalue weighted by Crippen LogP contribution is -2.35. The van der Waals surface area contributed by atoms with Crippen LogP contribution in [0.4, 0.5) is 5.95 Å². The zero-order valence-electron chi connectivity index (χ0n) is 17.7. The van der Waals surface area contributed by atoms with Gasteiger partial charge in [0.25, 0.3) is 0 Å². The van der Waals surface area contributed by atoms with Gasteiger partial charge in [-0.05, 0) is 24.3 Å². The molecule has 31 heavy (non-hydrogen) atoms. The van der Waals surface area contributed by atoms with E-state index in [1.807, 2.05) is 15.3 Å². The lowest BCUT2D eigenvalue weighted by molar-refractivity contribution is 0.0693. The Morgan fingerprint density at radius 2 is 1.87 bits per heavy atom. The third kappa shape index (κ3) is 3.49. The minimum absolute atomic E-state index is 0.0668. The van der Waals surface area contributed by atoms with Crippen LogP contribution in [0, 0.1) is 5.41 Å². The number of aromatic nitrogens is 5. The van der Waals surface area contributed by atoms with E-state index in [-0.39, 0.29) is 17.0 Å². The van der Waals surface area contributed by atoms with Crippen LogP contribution < -0.4 is 10.7 Å². The zero-order chi connectivity index (χ0) is 21.9. The second-order valence-electron chi connectivity index (χ2n) is 9.34. The Balaban J connectivity index is 1.59. The molecule has 1 aliphatic carbocycles. The van der Waals surface area contributed by atoms with Crippen molar-refractivity contribution in [3.63, 3.8) is 0 Å². The fraction of sp³-hybridized carbons (Fsp3) is 0.409. The van der Waals surface area contributed by atoms with Crippen LogP contribution in [0.5, 0.6) is 0 Å². The third-order valence-corrected chi connectivity index (χ3v) is 5.89. The molecule has 0 aromatic carbocycles. The molecule has 5 rings (SSSR count). The van der Waals surface area contributed by atoms with Crippen LogP contribution in [-0.4, -0.2) is 41.4 Å². The first-order valence-electron chi connectivity index (χ1n) is 10.4. The van der Waals surface area contributed by atoms with Gasteiger partial charge in [0, 0.05) is 36.3 Å². The minimum atomic E-state index is -1.22. The van der Waals surface area contributed by atoms with Crippen LogP contribution >= 0.6 is 0 Å². The van der Waals surface area contributed by atoms with E-state index in [0.717, 1.165) is 24.1 Å². The van der Waals surface area contributed by atoms with Gasteiger partial charge in [-0.2, -0.15) is 5.10 Å². The van der Waals surface area contributed by atoms with Gasteiger partial charge < -0.3 is 15.0 Å². The number of hydrogen-bond acceptors (Lipinski definition) is 6. The highest BCUT2D eigenvalue weighted by Gasteiger charge is 2.34. The molecular weight excluding hydrogens is 396 g/mol. The highest BCUT2D eigenvalue weighted by Crippen LogP contribution is 2.40. The number of nitrogens with zero attached hydrogens (tertiary/aromatic N) is 5. The predicted octanol–water partition coefficient (Wildman–Crippen LogP) is 3.04. The molecular formula is C22H24N6O3. The summed E-state index contributed by atoms with van der Waals surface area (Å²) in [5.41, 5.74) is 2.01.